The molecule has 2 heterocycles. The van der Waals surface area contributed by atoms with E-state index in [1.54, 1.807) is 0 Å². The van der Waals surface area contributed by atoms with Crippen molar-refractivity contribution in [3.05, 3.63) is 0 Å². The molecule has 2 aliphatic heterocycles. The zero-order chi connectivity index (χ0) is 14.4. The molecule has 2 saturated heterocycles. The molecule has 0 bridgehead atoms. The number of carbonyl (C=O) groups excluding carboxylic acids is 1. The molecule has 5 nitrogen and oxygen atoms in total. The first-order chi connectivity index (χ1) is 9.65. The molecule has 2 aliphatic rings. The van der Waals surface area contributed by atoms with Crippen LogP contribution in [0, 0.1) is 5.92 Å². The summed E-state index contributed by atoms with van der Waals surface area (Å²) in [6.45, 7) is 2.30. The number of piperidine rings is 1. The largest absolute Gasteiger partial charge is 0.481 e. The molecule has 0 aromatic heterocycles. The van der Waals surface area contributed by atoms with Crippen LogP contribution in [-0.4, -0.2) is 52.6 Å². The highest BCUT2D eigenvalue weighted by Gasteiger charge is 2.24. The number of carboxylic acid groups (broad SMARTS) is 1. The van der Waals surface area contributed by atoms with Crippen LogP contribution in [0.25, 0.3) is 0 Å². The molecule has 2 N–H and O–H groups in total. The SMILES string of the molecule is O=C(O)CCC1CCN(C(=O)NCC2CCCS2)CC1. The van der Waals surface area contributed by atoms with Gasteiger partial charge < -0.3 is 15.3 Å². The van der Waals surface area contributed by atoms with Gasteiger partial charge in [0.25, 0.3) is 0 Å². The number of urea groups is 1. The standard InChI is InChI=1S/C14H24N2O3S/c17-13(18)4-3-11-5-7-16(8-6-11)14(19)15-10-12-2-1-9-20-12/h11-12H,1-10H2,(H,15,19)(H,17,18). The van der Waals surface area contributed by atoms with E-state index in [-0.39, 0.29) is 12.5 Å². The Bertz CT molecular complexity index is 337. The molecular weight excluding hydrogens is 276 g/mol. The van der Waals surface area contributed by atoms with Crippen LogP contribution in [0.2, 0.25) is 0 Å². The number of thioether (sulfide) groups is 1. The fourth-order valence-electron chi connectivity index (χ4n) is 2.87. The van der Waals surface area contributed by atoms with Gasteiger partial charge in [0.05, 0.1) is 0 Å². The van der Waals surface area contributed by atoms with Crippen molar-refractivity contribution in [2.24, 2.45) is 5.92 Å². The van der Waals surface area contributed by atoms with Gasteiger partial charge in [0, 0.05) is 31.3 Å². The lowest BCUT2D eigenvalue weighted by Gasteiger charge is -2.32. The summed E-state index contributed by atoms with van der Waals surface area (Å²) < 4.78 is 0. The van der Waals surface area contributed by atoms with E-state index in [0.29, 0.717) is 11.2 Å². The lowest BCUT2D eigenvalue weighted by Crippen LogP contribution is -2.45. The lowest BCUT2D eigenvalue weighted by molar-refractivity contribution is -0.137. The maximum absolute atomic E-state index is 12.0. The van der Waals surface area contributed by atoms with Gasteiger partial charge in [-0.15, -0.1) is 0 Å². The maximum Gasteiger partial charge on any atom is 0.317 e. The summed E-state index contributed by atoms with van der Waals surface area (Å²) in [5.41, 5.74) is 0. The molecule has 2 rings (SSSR count). The van der Waals surface area contributed by atoms with Crippen molar-refractivity contribution in [3.63, 3.8) is 0 Å². The second-order valence-electron chi connectivity index (χ2n) is 5.68. The van der Waals surface area contributed by atoms with E-state index in [1.165, 1.54) is 18.6 Å². The molecule has 1 unspecified atom stereocenters. The monoisotopic (exact) mass is 300 g/mol. The van der Waals surface area contributed by atoms with Gasteiger partial charge in [0.1, 0.15) is 0 Å². The Morgan fingerprint density at radius 2 is 2.00 bits per heavy atom. The smallest absolute Gasteiger partial charge is 0.317 e. The van der Waals surface area contributed by atoms with Gasteiger partial charge in [-0.05, 0) is 43.8 Å². The van der Waals surface area contributed by atoms with Crippen molar-refractivity contribution in [2.75, 3.05) is 25.4 Å². The number of likely N-dealkylation sites (tertiary alicyclic amines) is 1. The molecule has 2 fully saturated rings. The summed E-state index contributed by atoms with van der Waals surface area (Å²) in [5, 5.41) is 12.3. The van der Waals surface area contributed by atoms with E-state index >= 15 is 0 Å². The average Bonchev–Trinajstić information content (AvgIpc) is 2.96. The number of nitrogens with zero attached hydrogens (tertiary/aromatic N) is 1. The highest BCUT2D eigenvalue weighted by atomic mass is 32.2. The summed E-state index contributed by atoms with van der Waals surface area (Å²) >= 11 is 1.95. The molecule has 6 heteroatoms. The van der Waals surface area contributed by atoms with E-state index in [2.05, 4.69) is 5.32 Å². The van der Waals surface area contributed by atoms with E-state index in [1.807, 2.05) is 16.7 Å². The van der Waals surface area contributed by atoms with Crippen molar-refractivity contribution in [3.8, 4) is 0 Å². The minimum absolute atomic E-state index is 0.0502. The van der Waals surface area contributed by atoms with Crippen LogP contribution < -0.4 is 5.32 Å². The Morgan fingerprint density at radius 3 is 2.60 bits per heavy atom. The zero-order valence-corrected chi connectivity index (χ0v) is 12.7. The van der Waals surface area contributed by atoms with Crippen molar-refractivity contribution in [1.29, 1.82) is 0 Å². The average molecular weight is 300 g/mol. The van der Waals surface area contributed by atoms with Gasteiger partial charge >= 0.3 is 12.0 Å². The van der Waals surface area contributed by atoms with Gasteiger partial charge in [-0.25, -0.2) is 4.79 Å². The first-order valence-corrected chi connectivity index (χ1v) is 8.56. The number of amides is 2. The van der Waals surface area contributed by atoms with E-state index < -0.39 is 5.97 Å². The fourth-order valence-corrected chi connectivity index (χ4v) is 4.07. The maximum atomic E-state index is 12.0. The molecule has 114 valence electrons. The minimum Gasteiger partial charge on any atom is -0.481 e. The summed E-state index contributed by atoms with van der Waals surface area (Å²) in [7, 11) is 0. The molecule has 0 aromatic carbocycles. The lowest BCUT2D eigenvalue weighted by atomic mass is 9.92. The number of carboxylic acids is 1. The van der Waals surface area contributed by atoms with Crippen molar-refractivity contribution in [2.45, 2.75) is 43.8 Å². The van der Waals surface area contributed by atoms with Gasteiger partial charge in [-0.3, -0.25) is 4.79 Å². The second kappa shape index (κ2) is 7.76. The molecule has 1 atom stereocenters. The minimum atomic E-state index is -0.723. The third-order valence-electron chi connectivity index (χ3n) is 4.17. The second-order valence-corrected chi connectivity index (χ2v) is 7.09. The normalized spacial score (nSPS) is 23.8. The Balaban J connectivity index is 1.62. The number of aliphatic carboxylic acids is 1. The Morgan fingerprint density at radius 1 is 1.25 bits per heavy atom. The van der Waals surface area contributed by atoms with Crippen LogP contribution in [0.5, 0.6) is 0 Å². The van der Waals surface area contributed by atoms with Crippen LogP contribution in [0.1, 0.15) is 38.5 Å². The quantitative estimate of drug-likeness (QED) is 0.816. The fraction of sp³-hybridized carbons (Fsp3) is 0.857. The predicted octanol–water partition coefficient (Wildman–Crippen LogP) is 2.17. The summed E-state index contributed by atoms with van der Waals surface area (Å²) in [6.07, 6.45) is 5.32. The predicted molar refractivity (Wildman–Crippen MR) is 80.0 cm³/mol. The van der Waals surface area contributed by atoms with Crippen LogP contribution >= 0.6 is 11.8 Å². The van der Waals surface area contributed by atoms with Crippen LogP contribution in [0.4, 0.5) is 4.79 Å². The van der Waals surface area contributed by atoms with E-state index in [0.717, 1.165) is 38.9 Å². The van der Waals surface area contributed by atoms with Crippen LogP contribution in [-0.2, 0) is 4.79 Å². The third-order valence-corrected chi connectivity index (χ3v) is 5.57. The van der Waals surface area contributed by atoms with Gasteiger partial charge in [-0.2, -0.15) is 11.8 Å². The number of hydrogen-bond donors (Lipinski definition) is 2. The third kappa shape index (κ3) is 4.89. The van der Waals surface area contributed by atoms with Crippen molar-refractivity contribution >= 4 is 23.8 Å². The number of rotatable bonds is 5. The molecule has 0 saturated carbocycles. The molecule has 2 amide bonds. The molecule has 0 aliphatic carbocycles. The van der Waals surface area contributed by atoms with Crippen molar-refractivity contribution < 1.29 is 14.7 Å². The van der Waals surface area contributed by atoms with E-state index in [4.69, 9.17) is 5.11 Å². The Labute approximate surface area is 124 Å². The van der Waals surface area contributed by atoms with Gasteiger partial charge in [0.2, 0.25) is 0 Å². The number of carbonyl (C=O) groups is 2. The van der Waals surface area contributed by atoms with Gasteiger partial charge in [-0.1, -0.05) is 0 Å². The molecule has 0 radical (unpaired) electrons. The molecule has 20 heavy (non-hydrogen) atoms. The highest BCUT2D eigenvalue weighted by molar-refractivity contribution is 8.00. The number of nitrogens with one attached hydrogen (secondary N) is 1. The highest BCUT2D eigenvalue weighted by Crippen LogP contribution is 2.25. The molecule has 0 spiro atoms. The zero-order valence-electron chi connectivity index (χ0n) is 11.8. The summed E-state index contributed by atoms with van der Waals surface area (Å²) in [4.78, 5) is 24.5. The summed E-state index contributed by atoms with van der Waals surface area (Å²) in [6, 6.07) is 0.0502. The first kappa shape index (κ1) is 15.5. The van der Waals surface area contributed by atoms with Crippen LogP contribution in [0.3, 0.4) is 0 Å². The van der Waals surface area contributed by atoms with Crippen LogP contribution in [0.15, 0.2) is 0 Å². The molecule has 0 aromatic rings. The Kier molecular flexibility index (Phi) is 6.01. The number of hydrogen-bond acceptors (Lipinski definition) is 3. The first-order valence-electron chi connectivity index (χ1n) is 7.51. The Hall–Kier alpha value is -0.910. The van der Waals surface area contributed by atoms with E-state index in [9.17, 15) is 9.59 Å². The summed E-state index contributed by atoms with van der Waals surface area (Å²) in [5.74, 6) is 0.954. The van der Waals surface area contributed by atoms with Crippen molar-refractivity contribution in [1.82, 2.24) is 10.2 Å². The topological polar surface area (TPSA) is 69.6 Å². The molecular formula is C14H24N2O3S. The van der Waals surface area contributed by atoms with Gasteiger partial charge in [0.15, 0.2) is 0 Å².